The number of hydrogen-bond acceptors (Lipinski definition) is 2. The van der Waals surface area contributed by atoms with E-state index in [0.29, 0.717) is 5.92 Å². The molecule has 2 saturated carbocycles. The van der Waals surface area contributed by atoms with Crippen molar-refractivity contribution in [2.75, 3.05) is 6.54 Å². The highest BCUT2D eigenvalue weighted by Gasteiger charge is 2.54. The summed E-state index contributed by atoms with van der Waals surface area (Å²) in [4.78, 5) is 25.8. The molecule has 94 valence electrons. The van der Waals surface area contributed by atoms with Crippen LogP contribution in [0.3, 0.4) is 0 Å². The van der Waals surface area contributed by atoms with Gasteiger partial charge in [0.25, 0.3) is 5.91 Å². The van der Waals surface area contributed by atoms with Crippen LogP contribution in [0.1, 0.15) is 51.4 Å². The van der Waals surface area contributed by atoms with Crippen LogP contribution in [0.5, 0.6) is 0 Å². The number of rotatable bonds is 2. The predicted octanol–water partition coefficient (Wildman–Crippen LogP) is 2.04. The first-order valence-electron chi connectivity index (χ1n) is 6.85. The maximum absolute atomic E-state index is 12.0. The van der Waals surface area contributed by atoms with Crippen molar-refractivity contribution in [2.24, 2.45) is 5.92 Å². The summed E-state index contributed by atoms with van der Waals surface area (Å²) in [7, 11) is 0. The Kier molecular flexibility index (Phi) is 2.60. The molecular formula is C13H20N2O2. The third-order valence-electron chi connectivity index (χ3n) is 4.75. The first kappa shape index (κ1) is 11.1. The van der Waals surface area contributed by atoms with Crippen molar-refractivity contribution in [1.82, 2.24) is 10.2 Å². The Bertz CT molecular complexity index is 341. The van der Waals surface area contributed by atoms with Gasteiger partial charge in [0.2, 0.25) is 0 Å². The largest absolute Gasteiger partial charge is 0.325 e. The van der Waals surface area contributed by atoms with Crippen LogP contribution in [0.2, 0.25) is 0 Å². The Balaban J connectivity index is 1.79. The molecule has 1 N–H and O–H groups in total. The second-order valence-electron chi connectivity index (χ2n) is 5.76. The number of amides is 3. The summed E-state index contributed by atoms with van der Waals surface area (Å²) in [6, 6.07) is -0.149. The Labute approximate surface area is 102 Å². The van der Waals surface area contributed by atoms with Gasteiger partial charge in [0.1, 0.15) is 5.54 Å². The first-order valence-corrected chi connectivity index (χ1v) is 6.85. The van der Waals surface area contributed by atoms with Gasteiger partial charge >= 0.3 is 6.03 Å². The summed E-state index contributed by atoms with van der Waals surface area (Å²) < 4.78 is 0. The molecule has 4 heteroatoms. The summed E-state index contributed by atoms with van der Waals surface area (Å²) in [5.74, 6) is 0.571. The van der Waals surface area contributed by atoms with Crippen molar-refractivity contribution < 1.29 is 9.59 Å². The van der Waals surface area contributed by atoms with Gasteiger partial charge in [0.05, 0.1) is 0 Å². The lowest BCUT2D eigenvalue weighted by Gasteiger charge is -2.33. The fourth-order valence-electron chi connectivity index (χ4n) is 3.76. The molecule has 0 bridgehead atoms. The standard InChI is InChI=1S/C13H20N2O2/c16-11-13(7-3-4-8-13)15(12(17)14-11)9-10-5-1-2-6-10/h10H,1-9H2,(H,14,16,17). The van der Waals surface area contributed by atoms with Crippen LogP contribution in [-0.2, 0) is 4.79 Å². The zero-order valence-corrected chi connectivity index (χ0v) is 10.2. The second kappa shape index (κ2) is 4.00. The van der Waals surface area contributed by atoms with E-state index in [1.807, 2.05) is 4.90 Å². The minimum Gasteiger partial charge on any atom is -0.309 e. The number of imide groups is 1. The molecule has 4 nitrogen and oxygen atoms in total. The molecule has 0 atom stereocenters. The maximum atomic E-state index is 12.0. The van der Waals surface area contributed by atoms with E-state index in [1.54, 1.807) is 0 Å². The van der Waals surface area contributed by atoms with Crippen molar-refractivity contribution in [2.45, 2.75) is 56.9 Å². The van der Waals surface area contributed by atoms with Crippen LogP contribution >= 0.6 is 0 Å². The molecule has 1 saturated heterocycles. The van der Waals surface area contributed by atoms with Crippen LogP contribution in [0, 0.1) is 5.92 Å². The summed E-state index contributed by atoms with van der Waals surface area (Å²) in [6.07, 6.45) is 8.85. The van der Waals surface area contributed by atoms with E-state index < -0.39 is 5.54 Å². The van der Waals surface area contributed by atoms with Gasteiger partial charge in [-0.05, 0) is 31.6 Å². The molecule has 0 aromatic heterocycles. The van der Waals surface area contributed by atoms with E-state index in [2.05, 4.69) is 5.32 Å². The summed E-state index contributed by atoms with van der Waals surface area (Å²) >= 11 is 0. The topological polar surface area (TPSA) is 49.4 Å². The molecule has 1 aliphatic heterocycles. The molecule has 3 fully saturated rings. The van der Waals surface area contributed by atoms with Crippen LogP contribution in [-0.4, -0.2) is 28.9 Å². The van der Waals surface area contributed by atoms with Crippen molar-refractivity contribution in [3.05, 3.63) is 0 Å². The monoisotopic (exact) mass is 236 g/mol. The maximum Gasteiger partial charge on any atom is 0.325 e. The zero-order valence-electron chi connectivity index (χ0n) is 10.2. The molecule has 3 amide bonds. The van der Waals surface area contributed by atoms with E-state index in [0.717, 1.165) is 32.2 Å². The van der Waals surface area contributed by atoms with Crippen LogP contribution in [0.4, 0.5) is 4.79 Å². The lowest BCUT2D eigenvalue weighted by molar-refractivity contribution is -0.126. The molecule has 0 aromatic rings. The highest BCUT2D eigenvalue weighted by atomic mass is 16.2. The molecular weight excluding hydrogens is 216 g/mol. The Morgan fingerprint density at radius 3 is 2.41 bits per heavy atom. The van der Waals surface area contributed by atoms with Gasteiger partial charge in [0, 0.05) is 6.54 Å². The lowest BCUT2D eigenvalue weighted by Crippen LogP contribution is -2.49. The number of carbonyl (C=O) groups is 2. The normalized spacial score (nSPS) is 28.4. The lowest BCUT2D eigenvalue weighted by atomic mass is 9.94. The van der Waals surface area contributed by atoms with Crippen molar-refractivity contribution >= 4 is 11.9 Å². The fraction of sp³-hybridized carbons (Fsp3) is 0.846. The average molecular weight is 236 g/mol. The number of urea groups is 1. The van der Waals surface area contributed by atoms with E-state index >= 15 is 0 Å². The highest BCUT2D eigenvalue weighted by Crippen LogP contribution is 2.40. The van der Waals surface area contributed by atoms with Gasteiger partial charge in [0.15, 0.2) is 0 Å². The molecule has 0 unspecified atom stereocenters. The van der Waals surface area contributed by atoms with Gasteiger partial charge in [-0.25, -0.2) is 4.79 Å². The summed E-state index contributed by atoms with van der Waals surface area (Å²) in [6.45, 7) is 0.789. The van der Waals surface area contributed by atoms with Crippen molar-refractivity contribution in [1.29, 1.82) is 0 Å². The number of nitrogens with one attached hydrogen (secondary N) is 1. The fourth-order valence-corrected chi connectivity index (χ4v) is 3.76. The van der Waals surface area contributed by atoms with Crippen molar-refractivity contribution in [3.63, 3.8) is 0 Å². The number of nitrogens with zero attached hydrogens (tertiary/aromatic N) is 1. The molecule has 0 radical (unpaired) electrons. The third-order valence-corrected chi connectivity index (χ3v) is 4.75. The molecule has 1 spiro atoms. The minimum atomic E-state index is -0.473. The third kappa shape index (κ3) is 1.65. The van der Waals surface area contributed by atoms with Crippen LogP contribution in [0.25, 0.3) is 0 Å². The molecule has 17 heavy (non-hydrogen) atoms. The molecule has 3 aliphatic rings. The average Bonchev–Trinajstić information content (AvgIpc) is 3.00. The minimum absolute atomic E-state index is 0.0435. The smallest absolute Gasteiger partial charge is 0.309 e. The van der Waals surface area contributed by atoms with Crippen molar-refractivity contribution in [3.8, 4) is 0 Å². The summed E-state index contributed by atoms with van der Waals surface area (Å²) in [5, 5.41) is 2.52. The van der Waals surface area contributed by atoms with Gasteiger partial charge in [-0.2, -0.15) is 0 Å². The zero-order chi connectivity index (χ0) is 11.9. The molecule has 0 aromatic carbocycles. The molecule has 1 heterocycles. The molecule has 3 rings (SSSR count). The predicted molar refractivity (Wildman–Crippen MR) is 63.4 cm³/mol. The van der Waals surface area contributed by atoms with Crippen LogP contribution < -0.4 is 5.32 Å². The van der Waals surface area contributed by atoms with E-state index in [9.17, 15) is 9.59 Å². The van der Waals surface area contributed by atoms with E-state index in [1.165, 1.54) is 25.7 Å². The van der Waals surface area contributed by atoms with Crippen LogP contribution in [0.15, 0.2) is 0 Å². The highest BCUT2D eigenvalue weighted by molar-refractivity contribution is 6.07. The van der Waals surface area contributed by atoms with Gasteiger partial charge in [-0.1, -0.05) is 25.7 Å². The molecule has 2 aliphatic carbocycles. The number of carbonyl (C=O) groups excluding carboxylic acids is 2. The van der Waals surface area contributed by atoms with Gasteiger partial charge in [-0.3, -0.25) is 10.1 Å². The quantitative estimate of drug-likeness (QED) is 0.746. The Morgan fingerprint density at radius 1 is 1.12 bits per heavy atom. The number of hydrogen-bond donors (Lipinski definition) is 1. The Hall–Kier alpha value is -1.06. The van der Waals surface area contributed by atoms with E-state index in [-0.39, 0.29) is 11.9 Å². The summed E-state index contributed by atoms with van der Waals surface area (Å²) in [5.41, 5.74) is -0.473. The van der Waals surface area contributed by atoms with Gasteiger partial charge < -0.3 is 4.90 Å². The second-order valence-corrected chi connectivity index (χ2v) is 5.76. The SMILES string of the molecule is O=C1NC(=O)C2(CCCC2)N1CC1CCCC1. The van der Waals surface area contributed by atoms with Gasteiger partial charge in [-0.15, -0.1) is 0 Å². The van der Waals surface area contributed by atoms with E-state index in [4.69, 9.17) is 0 Å². The Morgan fingerprint density at radius 2 is 1.76 bits per heavy atom. The first-order chi connectivity index (χ1) is 8.22.